The van der Waals surface area contributed by atoms with Gasteiger partial charge < -0.3 is 10.2 Å². The van der Waals surface area contributed by atoms with Crippen LogP contribution in [0.4, 0.5) is 5.82 Å². The molecule has 2 rings (SSSR count). The maximum Gasteiger partial charge on any atom is 0.151 e. The smallest absolute Gasteiger partial charge is 0.151 e. The van der Waals surface area contributed by atoms with Crippen LogP contribution in [0.5, 0.6) is 0 Å². The Bertz CT molecular complexity index is 353. The number of nitrogens with zero attached hydrogens (tertiary/aromatic N) is 3. The number of aromatic nitrogens is 2. The van der Waals surface area contributed by atoms with Gasteiger partial charge in [0.05, 0.1) is 5.69 Å². The van der Waals surface area contributed by atoms with Crippen molar-refractivity contribution in [1.29, 1.82) is 0 Å². The van der Waals surface area contributed by atoms with Gasteiger partial charge in [-0.25, -0.2) is 0 Å². The van der Waals surface area contributed by atoms with E-state index < -0.39 is 0 Å². The lowest BCUT2D eigenvalue weighted by molar-refractivity contribution is 0.550. The molecule has 0 aliphatic carbocycles. The van der Waals surface area contributed by atoms with Crippen LogP contribution in [0.1, 0.15) is 51.6 Å². The van der Waals surface area contributed by atoms with E-state index in [9.17, 15) is 0 Å². The predicted molar refractivity (Wildman–Crippen MR) is 79.3 cm³/mol. The Morgan fingerprint density at radius 2 is 1.74 bits per heavy atom. The van der Waals surface area contributed by atoms with Gasteiger partial charge in [0.2, 0.25) is 0 Å². The van der Waals surface area contributed by atoms with Crippen molar-refractivity contribution in [1.82, 2.24) is 15.5 Å². The van der Waals surface area contributed by atoms with Gasteiger partial charge in [0.1, 0.15) is 0 Å². The fourth-order valence-corrected chi connectivity index (χ4v) is 2.40. The molecule has 0 radical (unpaired) electrons. The first-order chi connectivity index (χ1) is 9.25. The first kappa shape index (κ1) is 14.3. The van der Waals surface area contributed by atoms with Crippen LogP contribution in [-0.4, -0.2) is 29.3 Å². The lowest BCUT2D eigenvalue weighted by Gasteiger charge is -2.25. The molecule has 1 aromatic heterocycles. The van der Waals surface area contributed by atoms with E-state index in [2.05, 4.69) is 46.4 Å². The first-order valence-electron chi connectivity index (χ1n) is 7.56. The average Bonchev–Trinajstić information content (AvgIpc) is 2.37. The molecule has 0 unspecified atom stereocenters. The predicted octanol–water partition coefficient (Wildman–Crippen LogP) is 2.75. The highest BCUT2D eigenvalue weighted by atomic mass is 15.3. The van der Waals surface area contributed by atoms with Gasteiger partial charge in [-0.3, -0.25) is 0 Å². The van der Waals surface area contributed by atoms with E-state index in [4.69, 9.17) is 0 Å². The van der Waals surface area contributed by atoms with Crippen molar-refractivity contribution >= 4 is 5.82 Å². The maximum absolute atomic E-state index is 4.39. The largest absolute Gasteiger partial charge is 0.355 e. The molecule has 19 heavy (non-hydrogen) atoms. The first-order valence-corrected chi connectivity index (χ1v) is 7.56. The number of rotatable bonds is 4. The Balaban J connectivity index is 1.92. The van der Waals surface area contributed by atoms with Crippen molar-refractivity contribution in [3.63, 3.8) is 0 Å². The molecule has 4 heteroatoms. The van der Waals surface area contributed by atoms with Crippen LogP contribution in [0.3, 0.4) is 0 Å². The third kappa shape index (κ3) is 4.78. The third-order valence-corrected chi connectivity index (χ3v) is 3.58. The summed E-state index contributed by atoms with van der Waals surface area (Å²) < 4.78 is 0. The minimum Gasteiger partial charge on any atom is -0.355 e. The van der Waals surface area contributed by atoms with Gasteiger partial charge in [0.15, 0.2) is 5.82 Å². The summed E-state index contributed by atoms with van der Waals surface area (Å²) in [5, 5.41) is 12.1. The number of nitrogens with one attached hydrogen (secondary N) is 1. The van der Waals surface area contributed by atoms with Crippen LogP contribution in [0.2, 0.25) is 0 Å². The molecular weight excluding hydrogens is 236 g/mol. The zero-order valence-electron chi connectivity index (χ0n) is 12.2. The molecule has 1 aliphatic rings. The lowest BCUT2D eigenvalue weighted by atomic mass is 10.1. The Labute approximate surface area is 116 Å². The second-order valence-corrected chi connectivity index (χ2v) is 5.67. The van der Waals surface area contributed by atoms with Crippen molar-refractivity contribution in [2.45, 2.75) is 58.5 Å². The lowest BCUT2D eigenvalue weighted by Crippen LogP contribution is -2.28. The molecule has 1 aromatic rings. The molecule has 0 spiro atoms. The summed E-state index contributed by atoms with van der Waals surface area (Å²) in [4.78, 5) is 2.38. The summed E-state index contributed by atoms with van der Waals surface area (Å²) in [6.45, 7) is 7.32. The SMILES string of the molecule is CC(C)NCc1ccc(N2CCCCCCC2)nn1. The topological polar surface area (TPSA) is 41.0 Å². The molecule has 0 amide bonds. The summed E-state index contributed by atoms with van der Waals surface area (Å²) in [5.41, 5.74) is 1.02. The van der Waals surface area contributed by atoms with Crippen molar-refractivity contribution in [3.05, 3.63) is 17.8 Å². The van der Waals surface area contributed by atoms with Crippen LogP contribution in [0.15, 0.2) is 12.1 Å². The van der Waals surface area contributed by atoms with E-state index in [1.807, 2.05) is 0 Å². The summed E-state index contributed by atoms with van der Waals surface area (Å²) in [6, 6.07) is 4.69. The Kier molecular flexibility index (Phi) is 5.58. The molecule has 1 aliphatic heterocycles. The molecule has 4 nitrogen and oxygen atoms in total. The van der Waals surface area contributed by atoms with Crippen molar-refractivity contribution in [2.24, 2.45) is 0 Å². The Hall–Kier alpha value is -1.16. The van der Waals surface area contributed by atoms with Gasteiger partial charge in [-0.15, -0.1) is 5.10 Å². The van der Waals surface area contributed by atoms with E-state index in [0.29, 0.717) is 6.04 Å². The molecule has 0 aromatic carbocycles. The summed E-state index contributed by atoms with van der Waals surface area (Å²) in [7, 11) is 0. The van der Waals surface area contributed by atoms with Crippen LogP contribution < -0.4 is 10.2 Å². The molecule has 2 heterocycles. The summed E-state index contributed by atoms with van der Waals surface area (Å²) in [6.07, 6.45) is 6.64. The fraction of sp³-hybridized carbons (Fsp3) is 0.733. The number of hydrogen-bond donors (Lipinski definition) is 1. The molecular formula is C15H26N4. The zero-order valence-corrected chi connectivity index (χ0v) is 12.2. The quantitative estimate of drug-likeness (QED) is 0.906. The van der Waals surface area contributed by atoms with Crippen LogP contribution in [0, 0.1) is 0 Å². The standard InChI is InChI=1S/C15H26N4/c1-13(2)16-12-14-8-9-15(18-17-14)19-10-6-4-3-5-7-11-19/h8-9,13,16H,3-7,10-12H2,1-2H3. The zero-order chi connectivity index (χ0) is 13.5. The molecule has 106 valence electrons. The van der Waals surface area contributed by atoms with E-state index in [1.54, 1.807) is 0 Å². The van der Waals surface area contributed by atoms with Crippen molar-refractivity contribution in [3.8, 4) is 0 Å². The van der Waals surface area contributed by atoms with Gasteiger partial charge in [-0.2, -0.15) is 5.10 Å². The van der Waals surface area contributed by atoms with Gasteiger partial charge in [0.25, 0.3) is 0 Å². The monoisotopic (exact) mass is 262 g/mol. The van der Waals surface area contributed by atoms with E-state index in [-0.39, 0.29) is 0 Å². The van der Waals surface area contributed by atoms with E-state index in [0.717, 1.165) is 31.1 Å². The molecule has 0 atom stereocenters. The fourth-order valence-electron chi connectivity index (χ4n) is 2.40. The van der Waals surface area contributed by atoms with E-state index >= 15 is 0 Å². The minimum atomic E-state index is 0.482. The Morgan fingerprint density at radius 1 is 1.05 bits per heavy atom. The second kappa shape index (κ2) is 7.43. The van der Waals surface area contributed by atoms with Crippen LogP contribution >= 0.6 is 0 Å². The molecule has 0 bridgehead atoms. The van der Waals surface area contributed by atoms with Gasteiger partial charge >= 0.3 is 0 Å². The van der Waals surface area contributed by atoms with Gasteiger partial charge in [-0.05, 0) is 25.0 Å². The third-order valence-electron chi connectivity index (χ3n) is 3.58. The highest BCUT2D eigenvalue weighted by molar-refractivity contribution is 5.37. The maximum atomic E-state index is 4.39. The van der Waals surface area contributed by atoms with Crippen LogP contribution in [-0.2, 0) is 6.54 Å². The van der Waals surface area contributed by atoms with Crippen molar-refractivity contribution in [2.75, 3.05) is 18.0 Å². The highest BCUT2D eigenvalue weighted by Gasteiger charge is 2.10. The van der Waals surface area contributed by atoms with Crippen molar-refractivity contribution < 1.29 is 0 Å². The van der Waals surface area contributed by atoms with E-state index in [1.165, 1.54) is 32.1 Å². The molecule has 1 N–H and O–H groups in total. The second-order valence-electron chi connectivity index (χ2n) is 5.67. The normalized spacial score (nSPS) is 17.3. The molecule has 1 fully saturated rings. The summed E-state index contributed by atoms with van der Waals surface area (Å²) in [5.74, 6) is 1.04. The molecule has 0 saturated carbocycles. The van der Waals surface area contributed by atoms with Crippen LogP contribution in [0.25, 0.3) is 0 Å². The van der Waals surface area contributed by atoms with Gasteiger partial charge in [-0.1, -0.05) is 33.1 Å². The number of hydrogen-bond acceptors (Lipinski definition) is 4. The average molecular weight is 262 g/mol. The molecule has 1 saturated heterocycles. The highest BCUT2D eigenvalue weighted by Crippen LogP contribution is 2.16. The number of anilines is 1. The van der Waals surface area contributed by atoms with Gasteiger partial charge in [0, 0.05) is 25.7 Å². The Morgan fingerprint density at radius 3 is 2.32 bits per heavy atom. The summed E-state index contributed by atoms with van der Waals surface area (Å²) >= 11 is 0. The minimum absolute atomic E-state index is 0.482.